The van der Waals surface area contributed by atoms with E-state index in [0.717, 1.165) is 49.9 Å². The molecule has 226 valence electrons. The predicted molar refractivity (Wildman–Crippen MR) is 170 cm³/mol. The van der Waals surface area contributed by atoms with Gasteiger partial charge >= 0.3 is 0 Å². The second-order valence-corrected chi connectivity index (χ2v) is 13.2. The number of hydrogen-bond donors (Lipinski definition) is 0. The van der Waals surface area contributed by atoms with Gasteiger partial charge in [0.05, 0.1) is 19.6 Å². The van der Waals surface area contributed by atoms with Gasteiger partial charge in [-0.15, -0.1) is 0 Å². The zero-order chi connectivity index (χ0) is 30.0. The van der Waals surface area contributed by atoms with Crippen LogP contribution in [0, 0.1) is 11.3 Å². The maximum atomic E-state index is 13.7. The Morgan fingerprint density at radius 2 is 1.58 bits per heavy atom. The monoisotopic (exact) mass is 645 g/mol. The van der Waals surface area contributed by atoms with Crippen LogP contribution in [0.2, 0.25) is 0 Å². The van der Waals surface area contributed by atoms with Crippen LogP contribution in [-0.2, 0) is 11.3 Å². The number of carbonyl (C=O) groups excluding carboxylic acids is 2. The third-order valence-electron chi connectivity index (χ3n) is 9.78. The highest BCUT2D eigenvalue weighted by Gasteiger charge is 2.48. The first-order valence-corrected chi connectivity index (χ1v) is 16.0. The molecule has 3 aromatic rings. The van der Waals surface area contributed by atoms with Crippen molar-refractivity contribution in [2.45, 2.75) is 31.7 Å². The quantitative estimate of drug-likeness (QED) is 0.308. The molecule has 7 nitrogen and oxygen atoms in total. The van der Waals surface area contributed by atoms with Crippen LogP contribution in [0.15, 0.2) is 77.3 Å². The van der Waals surface area contributed by atoms with E-state index < -0.39 is 0 Å². The average Bonchev–Trinajstić information content (AvgIpc) is 3.60. The molecule has 3 fully saturated rings. The van der Waals surface area contributed by atoms with Crippen LogP contribution in [0.5, 0.6) is 11.5 Å². The SMILES string of the molecule is COc1ccc(C(=O)N2CC(CN3CCC4(CC3)CCN(Cc3ccc(Br)cc3)C4=O)C(c3ccccc3)C2)cc1OC. The van der Waals surface area contributed by atoms with Crippen molar-refractivity contribution in [3.63, 3.8) is 0 Å². The van der Waals surface area contributed by atoms with Crippen molar-refractivity contribution in [2.24, 2.45) is 11.3 Å². The third kappa shape index (κ3) is 6.18. The van der Waals surface area contributed by atoms with E-state index in [0.29, 0.717) is 48.5 Å². The highest BCUT2D eigenvalue weighted by Crippen LogP contribution is 2.43. The molecule has 2 unspecified atom stereocenters. The summed E-state index contributed by atoms with van der Waals surface area (Å²) in [5, 5.41) is 0. The highest BCUT2D eigenvalue weighted by molar-refractivity contribution is 9.10. The molecule has 1 spiro atoms. The Bertz CT molecular complexity index is 1440. The number of amides is 2. The highest BCUT2D eigenvalue weighted by atomic mass is 79.9. The van der Waals surface area contributed by atoms with Gasteiger partial charge in [0.15, 0.2) is 11.5 Å². The van der Waals surface area contributed by atoms with Crippen molar-refractivity contribution in [3.8, 4) is 11.5 Å². The Labute approximate surface area is 262 Å². The van der Waals surface area contributed by atoms with E-state index in [1.807, 2.05) is 29.2 Å². The number of methoxy groups -OCH3 is 2. The lowest BCUT2D eigenvalue weighted by Gasteiger charge is -2.39. The van der Waals surface area contributed by atoms with E-state index in [2.05, 4.69) is 62.1 Å². The summed E-state index contributed by atoms with van der Waals surface area (Å²) in [5.41, 5.74) is 2.83. The second-order valence-electron chi connectivity index (χ2n) is 12.2. The Hall–Kier alpha value is -3.36. The van der Waals surface area contributed by atoms with Crippen molar-refractivity contribution in [1.82, 2.24) is 14.7 Å². The zero-order valence-electron chi connectivity index (χ0n) is 25.0. The van der Waals surface area contributed by atoms with Gasteiger partial charge < -0.3 is 24.2 Å². The number of hydrogen-bond acceptors (Lipinski definition) is 5. The first-order chi connectivity index (χ1) is 20.9. The molecule has 0 bridgehead atoms. The molecule has 0 radical (unpaired) electrons. The van der Waals surface area contributed by atoms with Crippen molar-refractivity contribution in [1.29, 1.82) is 0 Å². The molecular weight excluding hydrogens is 606 g/mol. The lowest BCUT2D eigenvalue weighted by molar-refractivity contribution is -0.139. The number of rotatable bonds is 8. The van der Waals surface area contributed by atoms with E-state index in [1.165, 1.54) is 11.1 Å². The number of likely N-dealkylation sites (tertiary alicyclic amines) is 3. The Morgan fingerprint density at radius 1 is 0.884 bits per heavy atom. The summed E-state index contributed by atoms with van der Waals surface area (Å²) >= 11 is 3.50. The average molecular weight is 647 g/mol. The van der Waals surface area contributed by atoms with Gasteiger partial charge in [-0.1, -0.05) is 58.4 Å². The Balaban J connectivity index is 1.11. The molecule has 0 saturated carbocycles. The van der Waals surface area contributed by atoms with Crippen LogP contribution in [0.1, 0.15) is 46.7 Å². The number of carbonyl (C=O) groups is 2. The molecule has 3 aliphatic rings. The maximum absolute atomic E-state index is 13.7. The maximum Gasteiger partial charge on any atom is 0.254 e. The standard InChI is InChI=1S/C35H40BrN3O4/c1-42-31-13-10-27(20-32(31)43-2)33(40)39-23-28(30(24-39)26-6-4-3-5-7-26)22-37-17-14-35(15-18-37)16-19-38(34(35)41)21-25-8-11-29(36)12-9-25/h3-13,20,28,30H,14-19,21-24H2,1-2H3. The smallest absolute Gasteiger partial charge is 0.254 e. The number of halogens is 1. The van der Waals surface area contributed by atoms with E-state index in [1.54, 1.807) is 26.4 Å². The van der Waals surface area contributed by atoms with Crippen molar-refractivity contribution in [2.75, 3.05) is 53.5 Å². The second kappa shape index (κ2) is 12.7. The molecule has 6 rings (SSSR count). The predicted octanol–water partition coefficient (Wildman–Crippen LogP) is 5.84. The minimum absolute atomic E-state index is 0.0180. The zero-order valence-corrected chi connectivity index (χ0v) is 26.6. The molecule has 8 heteroatoms. The third-order valence-corrected chi connectivity index (χ3v) is 10.3. The summed E-state index contributed by atoms with van der Waals surface area (Å²) in [5.74, 6) is 2.09. The lowest BCUT2D eigenvalue weighted by Crippen LogP contribution is -2.46. The van der Waals surface area contributed by atoms with Crippen LogP contribution in [0.3, 0.4) is 0 Å². The number of benzene rings is 3. The normalized spacial score (nSPS) is 21.9. The summed E-state index contributed by atoms with van der Waals surface area (Å²) in [6.07, 6.45) is 2.75. The molecule has 43 heavy (non-hydrogen) atoms. The molecule has 3 saturated heterocycles. The molecule has 2 amide bonds. The molecule has 3 heterocycles. The molecule has 0 aromatic heterocycles. The largest absolute Gasteiger partial charge is 0.493 e. The summed E-state index contributed by atoms with van der Waals surface area (Å²) in [4.78, 5) is 33.9. The number of ether oxygens (including phenoxy) is 2. The molecule has 2 atom stereocenters. The molecule has 3 aliphatic heterocycles. The molecular formula is C35H40BrN3O4. The molecule has 0 N–H and O–H groups in total. The van der Waals surface area contributed by atoms with E-state index in [9.17, 15) is 9.59 Å². The molecule has 3 aromatic carbocycles. The van der Waals surface area contributed by atoms with E-state index in [-0.39, 0.29) is 17.2 Å². The van der Waals surface area contributed by atoms with Crippen LogP contribution in [0.4, 0.5) is 0 Å². The lowest BCUT2D eigenvalue weighted by atomic mass is 9.76. The minimum Gasteiger partial charge on any atom is -0.493 e. The van der Waals surface area contributed by atoms with Gasteiger partial charge in [-0.2, -0.15) is 0 Å². The summed E-state index contributed by atoms with van der Waals surface area (Å²) in [6, 6.07) is 24.2. The minimum atomic E-state index is -0.226. The summed E-state index contributed by atoms with van der Waals surface area (Å²) < 4.78 is 11.9. The van der Waals surface area contributed by atoms with Gasteiger partial charge in [0, 0.05) is 48.7 Å². The fourth-order valence-corrected chi connectivity index (χ4v) is 7.53. The van der Waals surface area contributed by atoms with E-state index in [4.69, 9.17) is 9.47 Å². The topological polar surface area (TPSA) is 62.3 Å². The molecule has 0 aliphatic carbocycles. The Morgan fingerprint density at radius 3 is 2.28 bits per heavy atom. The fourth-order valence-electron chi connectivity index (χ4n) is 7.26. The fraction of sp³-hybridized carbons (Fsp3) is 0.429. The van der Waals surface area contributed by atoms with Crippen LogP contribution >= 0.6 is 15.9 Å². The van der Waals surface area contributed by atoms with Crippen molar-refractivity contribution >= 4 is 27.7 Å². The number of piperidine rings is 1. The van der Waals surface area contributed by atoms with Crippen LogP contribution in [-0.4, -0.2) is 80.0 Å². The van der Waals surface area contributed by atoms with Crippen LogP contribution in [0.25, 0.3) is 0 Å². The van der Waals surface area contributed by atoms with Crippen molar-refractivity contribution in [3.05, 3.63) is 94.0 Å². The number of nitrogens with zero attached hydrogens (tertiary/aromatic N) is 3. The van der Waals surface area contributed by atoms with Gasteiger partial charge in [0.2, 0.25) is 5.91 Å². The Kier molecular flexibility index (Phi) is 8.78. The van der Waals surface area contributed by atoms with Gasteiger partial charge in [-0.25, -0.2) is 0 Å². The summed E-state index contributed by atoms with van der Waals surface area (Å²) in [7, 11) is 3.19. The van der Waals surface area contributed by atoms with E-state index >= 15 is 0 Å². The van der Waals surface area contributed by atoms with Gasteiger partial charge in [-0.3, -0.25) is 9.59 Å². The first kappa shape index (κ1) is 29.7. The summed E-state index contributed by atoms with van der Waals surface area (Å²) in [6.45, 7) is 5.65. The van der Waals surface area contributed by atoms with Crippen molar-refractivity contribution < 1.29 is 19.1 Å². The van der Waals surface area contributed by atoms with Gasteiger partial charge in [0.25, 0.3) is 5.91 Å². The van der Waals surface area contributed by atoms with Gasteiger partial charge in [-0.05, 0) is 79.7 Å². The first-order valence-electron chi connectivity index (χ1n) is 15.2. The van der Waals surface area contributed by atoms with Gasteiger partial charge in [0.1, 0.15) is 0 Å². The van der Waals surface area contributed by atoms with Crippen LogP contribution < -0.4 is 9.47 Å².